The monoisotopic (exact) mass is 310 g/mol. The molecule has 0 atom stereocenters. The van der Waals surface area contributed by atoms with Gasteiger partial charge in [0.15, 0.2) is 6.61 Å². The predicted molar refractivity (Wildman–Crippen MR) is 89.3 cm³/mol. The Morgan fingerprint density at radius 3 is 2.78 bits per heavy atom. The predicted octanol–water partition coefficient (Wildman–Crippen LogP) is 3.00. The summed E-state index contributed by atoms with van der Waals surface area (Å²) in [6, 6.07) is 11.8. The fourth-order valence-corrected chi connectivity index (χ4v) is 2.92. The maximum absolute atomic E-state index is 12.3. The van der Waals surface area contributed by atoms with Gasteiger partial charge in [-0.1, -0.05) is 30.3 Å². The number of ether oxygens (including phenoxy) is 1. The van der Waals surface area contributed by atoms with Gasteiger partial charge in [-0.2, -0.15) is 0 Å². The van der Waals surface area contributed by atoms with E-state index in [1.54, 1.807) is 18.1 Å². The van der Waals surface area contributed by atoms with E-state index in [9.17, 15) is 4.79 Å². The second kappa shape index (κ2) is 7.27. The molecule has 1 aliphatic carbocycles. The highest BCUT2D eigenvalue weighted by Crippen LogP contribution is 2.27. The maximum Gasteiger partial charge on any atom is 0.260 e. The van der Waals surface area contributed by atoms with Crippen molar-refractivity contribution in [3.05, 3.63) is 59.4 Å². The molecule has 0 aliphatic heterocycles. The topological polar surface area (TPSA) is 42.4 Å². The molecule has 2 aromatic rings. The molecule has 4 nitrogen and oxygen atoms in total. The molecule has 3 rings (SSSR count). The Labute approximate surface area is 137 Å². The summed E-state index contributed by atoms with van der Waals surface area (Å²) in [6.07, 6.45) is 6.12. The standard InChI is InChI=1S/C19H22N2O2/c1-21(13-15-7-3-2-4-8-15)19(22)14-23-18-11-12-20-17-10-6-5-9-16(17)18/h2-4,7-8,11-12H,5-6,9-10,13-14H2,1H3. The summed E-state index contributed by atoms with van der Waals surface area (Å²) in [5.41, 5.74) is 3.42. The lowest BCUT2D eigenvalue weighted by Crippen LogP contribution is -2.31. The van der Waals surface area contributed by atoms with Crippen LogP contribution < -0.4 is 4.74 Å². The number of carbonyl (C=O) groups excluding carboxylic acids is 1. The van der Waals surface area contributed by atoms with Gasteiger partial charge >= 0.3 is 0 Å². The van der Waals surface area contributed by atoms with E-state index in [2.05, 4.69) is 4.98 Å². The first kappa shape index (κ1) is 15.5. The molecule has 0 saturated carbocycles. The van der Waals surface area contributed by atoms with Crippen LogP contribution in [0.3, 0.4) is 0 Å². The average Bonchev–Trinajstić information content (AvgIpc) is 2.60. The summed E-state index contributed by atoms with van der Waals surface area (Å²) in [6.45, 7) is 0.664. The summed E-state index contributed by atoms with van der Waals surface area (Å²) < 4.78 is 5.79. The van der Waals surface area contributed by atoms with Crippen molar-refractivity contribution in [3.63, 3.8) is 0 Å². The number of hydrogen-bond acceptors (Lipinski definition) is 3. The number of rotatable bonds is 5. The Morgan fingerprint density at radius 2 is 1.96 bits per heavy atom. The second-order valence-electron chi connectivity index (χ2n) is 5.97. The number of fused-ring (bicyclic) bond motifs is 1. The summed E-state index contributed by atoms with van der Waals surface area (Å²) in [5.74, 6) is 0.798. The number of amides is 1. The summed E-state index contributed by atoms with van der Waals surface area (Å²) >= 11 is 0. The first-order valence-corrected chi connectivity index (χ1v) is 8.11. The highest BCUT2D eigenvalue weighted by Gasteiger charge is 2.17. The fourth-order valence-electron chi connectivity index (χ4n) is 2.92. The van der Waals surface area contributed by atoms with Crippen LogP contribution in [0.2, 0.25) is 0 Å². The van der Waals surface area contributed by atoms with Gasteiger partial charge in [0, 0.05) is 31.0 Å². The third-order valence-electron chi connectivity index (χ3n) is 4.23. The zero-order chi connectivity index (χ0) is 16.1. The average molecular weight is 310 g/mol. The Morgan fingerprint density at radius 1 is 1.17 bits per heavy atom. The lowest BCUT2D eigenvalue weighted by Gasteiger charge is -2.20. The van der Waals surface area contributed by atoms with Gasteiger partial charge in [-0.3, -0.25) is 9.78 Å². The third-order valence-corrected chi connectivity index (χ3v) is 4.23. The maximum atomic E-state index is 12.3. The Balaban J connectivity index is 1.59. The summed E-state index contributed by atoms with van der Waals surface area (Å²) in [7, 11) is 1.81. The highest BCUT2D eigenvalue weighted by atomic mass is 16.5. The number of carbonyl (C=O) groups is 1. The van der Waals surface area contributed by atoms with Crippen molar-refractivity contribution in [1.29, 1.82) is 0 Å². The Bertz CT molecular complexity index is 670. The van der Waals surface area contributed by atoms with Crippen molar-refractivity contribution < 1.29 is 9.53 Å². The molecule has 0 N–H and O–H groups in total. The zero-order valence-corrected chi connectivity index (χ0v) is 13.5. The minimum absolute atomic E-state index is 0.0183. The van der Waals surface area contributed by atoms with Crippen molar-refractivity contribution in [2.45, 2.75) is 32.2 Å². The van der Waals surface area contributed by atoms with Crippen LogP contribution in [0.15, 0.2) is 42.6 Å². The van der Waals surface area contributed by atoms with Crippen molar-refractivity contribution in [3.8, 4) is 5.75 Å². The SMILES string of the molecule is CN(Cc1ccccc1)C(=O)COc1ccnc2c1CCCC2. The number of aryl methyl sites for hydroxylation is 1. The van der Waals surface area contributed by atoms with Crippen LogP contribution in [0.5, 0.6) is 5.75 Å². The van der Waals surface area contributed by atoms with Crippen LogP contribution in [0, 0.1) is 0 Å². The molecule has 0 bridgehead atoms. The molecule has 1 aromatic carbocycles. The van der Waals surface area contributed by atoms with Crippen LogP contribution in [0.1, 0.15) is 29.7 Å². The molecule has 1 amide bonds. The Kier molecular flexibility index (Phi) is 4.91. The number of likely N-dealkylation sites (N-methyl/N-ethyl adjacent to an activating group) is 1. The van der Waals surface area contributed by atoms with Crippen molar-refractivity contribution in [2.75, 3.05) is 13.7 Å². The van der Waals surface area contributed by atoms with E-state index in [0.29, 0.717) is 6.54 Å². The first-order chi connectivity index (χ1) is 11.2. The molecule has 4 heteroatoms. The molecular formula is C19H22N2O2. The molecule has 0 fully saturated rings. The molecule has 0 saturated heterocycles. The van der Waals surface area contributed by atoms with Gasteiger partial charge in [0.25, 0.3) is 5.91 Å². The van der Waals surface area contributed by atoms with E-state index in [1.807, 2.05) is 36.4 Å². The zero-order valence-electron chi connectivity index (χ0n) is 13.5. The molecule has 23 heavy (non-hydrogen) atoms. The van der Waals surface area contributed by atoms with Crippen LogP contribution >= 0.6 is 0 Å². The molecule has 0 unspecified atom stereocenters. The van der Waals surface area contributed by atoms with Gasteiger partial charge in [0.05, 0.1) is 0 Å². The van der Waals surface area contributed by atoms with Gasteiger partial charge in [0.1, 0.15) is 5.75 Å². The molecule has 1 heterocycles. The quantitative estimate of drug-likeness (QED) is 0.852. The van der Waals surface area contributed by atoms with E-state index in [0.717, 1.165) is 36.3 Å². The van der Waals surface area contributed by atoms with Gasteiger partial charge in [0.2, 0.25) is 0 Å². The fraction of sp³-hybridized carbons (Fsp3) is 0.368. The van der Waals surface area contributed by atoms with E-state index in [-0.39, 0.29) is 12.5 Å². The molecule has 0 radical (unpaired) electrons. The van der Waals surface area contributed by atoms with Gasteiger partial charge in [-0.25, -0.2) is 0 Å². The summed E-state index contributed by atoms with van der Waals surface area (Å²) in [4.78, 5) is 18.4. The van der Waals surface area contributed by atoms with E-state index in [1.165, 1.54) is 12.0 Å². The molecule has 120 valence electrons. The molecular weight excluding hydrogens is 288 g/mol. The van der Waals surface area contributed by atoms with Crippen LogP contribution in [-0.4, -0.2) is 29.4 Å². The van der Waals surface area contributed by atoms with Crippen LogP contribution in [-0.2, 0) is 24.2 Å². The van der Waals surface area contributed by atoms with E-state index in [4.69, 9.17) is 4.74 Å². The second-order valence-corrected chi connectivity index (χ2v) is 5.97. The largest absolute Gasteiger partial charge is 0.483 e. The smallest absolute Gasteiger partial charge is 0.260 e. The lowest BCUT2D eigenvalue weighted by molar-refractivity contribution is -0.132. The Hall–Kier alpha value is -2.36. The van der Waals surface area contributed by atoms with Crippen molar-refractivity contribution >= 4 is 5.91 Å². The number of benzene rings is 1. The normalized spacial score (nSPS) is 13.3. The van der Waals surface area contributed by atoms with E-state index < -0.39 is 0 Å². The molecule has 1 aromatic heterocycles. The minimum atomic E-state index is -0.0183. The van der Waals surface area contributed by atoms with Crippen LogP contribution in [0.25, 0.3) is 0 Å². The molecule has 0 spiro atoms. The number of aromatic nitrogens is 1. The number of pyridine rings is 1. The highest BCUT2D eigenvalue weighted by molar-refractivity contribution is 5.77. The van der Waals surface area contributed by atoms with Gasteiger partial charge in [-0.05, 0) is 37.3 Å². The van der Waals surface area contributed by atoms with Crippen molar-refractivity contribution in [1.82, 2.24) is 9.88 Å². The lowest BCUT2D eigenvalue weighted by atomic mass is 9.95. The van der Waals surface area contributed by atoms with Crippen LogP contribution in [0.4, 0.5) is 0 Å². The number of hydrogen-bond donors (Lipinski definition) is 0. The van der Waals surface area contributed by atoms with Gasteiger partial charge < -0.3 is 9.64 Å². The third kappa shape index (κ3) is 3.89. The number of nitrogens with zero attached hydrogens (tertiary/aromatic N) is 2. The van der Waals surface area contributed by atoms with Gasteiger partial charge in [-0.15, -0.1) is 0 Å². The van der Waals surface area contributed by atoms with Crippen molar-refractivity contribution in [2.24, 2.45) is 0 Å². The molecule has 1 aliphatic rings. The summed E-state index contributed by atoms with van der Waals surface area (Å²) in [5, 5.41) is 0. The minimum Gasteiger partial charge on any atom is -0.483 e. The van der Waals surface area contributed by atoms with E-state index >= 15 is 0 Å². The first-order valence-electron chi connectivity index (χ1n) is 8.11.